The average Bonchev–Trinajstić information content (AvgIpc) is 2.83. The van der Waals surface area contributed by atoms with Gasteiger partial charge in [-0.1, -0.05) is 24.3 Å². The van der Waals surface area contributed by atoms with E-state index in [0.29, 0.717) is 33.2 Å². The van der Waals surface area contributed by atoms with E-state index in [9.17, 15) is 13.8 Å². The van der Waals surface area contributed by atoms with Crippen molar-refractivity contribution >= 4 is 50.9 Å². The summed E-state index contributed by atoms with van der Waals surface area (Å²) in [5.41, 5.74) is 2.30. The first kappa shape index (κ1) is 19.8. The number of hydrogen-bond donors (Lipinski definition) is 1. The number of carbonyl (C=O) groups excluding carboxylic acids is 2. The summed E-state index contributed by atoms with van der Waals surface area (Å²) in [6, 6.07) is 19.7. The van der Waals surface area contributed by atoms with Gasteiger partial charge in [-0.15, -0.1) is 0 Å². The number of halogens is 1. The normalized spacial score (nSPS) is 15.3. The molecule has 1 aliphatic rings. The number of rotatable bonds is 3. The van der Waals surface area contributed by atoms with E-state index in [1.165, 1.54) is 4.90 Å². The number of fused-ring (bicyclic) bond motifs is 2. The third-order valence-electron chi connectivity index (χ3n) is 4.77. The Morgan fingerprint density at radius 3 is 2.52 bits per heavy atom. The second-order valence-electron chi connectivity index (χ2n) is 6.62. The highest BCUT2D eigenvalue weighted by atomic mass is 127. The molecule has 0 aliphatic carbocycles. The zero-order valence-electron chi connectivity index (χ0n) is 15.5. The summed E-state index contributed by atoms with van der Waals surface area (Å²) in [6.07, 6.45) is 0. The third-order valence-corrected chi connectivity index (χ3v) is 6.99. The van der Waals surface area contributed by atoms with Gasteiger partial charge in [-0.2, -0.15) is 0 Å². The second-order valence-corrected chi connectivity index (χ2v) is 9.28. The van der Waals surface area contributed by atoms with Crippen molar-refractivity contribution in [3.63, 3.8) is 0 Å². The van der Waals surface area contributed by atoms with Crippen LogP contribution in [0.15, 0.2) is 76.5 Å². The van der Waals surface area contributed by atoms with Crippen LogP contribution in [0.3, 0.4) is 0 Å². The Morgan fingerprint density at radius 1 is 1.03 bits per heavy atom. The van der Waals surface area contributed by atoms with E-state index in [0.717, 1.165) is 9.13 Å². The number of nitrogens with one attached hydrogen (secondary N) is 1. The molecule has 0 spiro atoms. The van der Waals surface area contributed by atoms with Crippen molar-refractivity contribution in [2.24, 2.45) is 0 Å². The molecule has 0 radical (unpaired) electrons. The monoisotopic (exact) mass is 516 g/mol. The molecule has 5 nitrogen and oxygen atoms in total. The Bertz CT molecular complexity index is 1150. The number of benzene rings is 3. The zero-order chi connectivity index (χ0) is 20.5. The van der Waals surface area contributed by atoms with Crippen LogP contribution in [0, 0.1) is 3.57 Å². The number of anilines is 1. The van der Waals surface area contributed by atoms with Crippen LogP contribution in [-0.2, 0) is 17.3 Å². The predicted octanol–water partition coefficient (Wildman–Crippen LogP) is 3.98. The molecular formula is C22H17IN2O3S. The van der Waals surface area contributed by atoms with Crippen LogP contribution in [0.2, 0.25) is 0 Å². The highest BCUT2D eigenvalue weighted by Crippen LogP contribution is 2.34. The van der Waals surface area contributed by atoms with Crippen LogP contribution >= 0.6 is 22.6 Å². The van der Waals surface area contributed by atoms with E-state index < -0.39 is 10.8 Å². The van der Waals surface area contributed by atoms with Crippen LogP contribution in [0.4, 0.5) is 5.69 Å². The van der Waals surface area contributed by atoms with E-state index in [2.05, 4.69) is 27.9 Å². The predicted molar refractivity (Wildman–Crippen MR) is 121 cm³/mol. The molecular weight excluding hydrogens is 499 g/mol. The van der Waals surface area contributed by atoms with Gasteiger partial charge in [-0.3, -0.25) is 9.59 Å². The second kappa shape index (κ2) is 8.08. The maximum atomic E-state index is 13.1. The van der Waals surface area contributed by atoms with Gasteiger partial charge >= 0.3 is 0 Å². The van der Waals surface area contributed by atoms with E-state index in [1.54, 1.807) is 49.5 Å². The number of carbonyl (C=O) groups is 2. The third kappa shape index (κ3) is 3.84. The van der Waals surface area contributed by atoms with Crippen molar-refractivity contribution < 1.29 is 13.8 Å². The van der Waals surface area contributed by atoms with Gasteiger partial charge in [0, 0.05) is 22.7 Å². The Labute approximate surface area is 184 Å². The molecule has 146 valence electrons. The van der Waals surface area contributed by atoms with Crippen LogP contribution in [0.5, 0.6) is 0 Å². The molecule has 1 heterocycles. The lowest BCUT2D eigenvalue weighted by Crippen LogP contribution is -2.27. The minimum absolute atomic E-state index is 0.246. The lowest BCUT2D eigenvalue weighted by molar-refractivity contribution is 0.0948. The van der Waals surface area contributed by atoms with Crippen molar-refractivity contribution in [1.29, 1.82) is 0 Å². The van der Waals surface area contributed by atoms with E-state index >= 15 is 0 Å². The molecule has 2 amide bonds. The lowest BCUT2D eigenvalue weighted by Gasteiger charge is -2.18. The summed E-state index contributed by atoms with van der Waals surface area (Å²) in [4.78, 5) is 28.0. The highest BCUT2D eigenvalue weighted by Gasteiger charge is 2.29. The maximum Gasteiger partial charge on any atom is 0.259 e. The summed E-state index contributed by atoms with van der Waals surface area (Å²) < 4.78 is 14.2. The quantitative estimate of drug-likeness (QED) is 0.536. The van der Waals surface area contributed by atoms with Gasteiger partial charge in [0.25, 0.3) is 11.8 Å². The molecule has 3 aromatic rings. The van der Waals surface area contributed by atoms with E-state index in [4.69, 9.17) is 0 Å². The number of amides is 2. The van der Waals surface area contributed by atoms with Crippen LogP contribution < -0.4 is 10.2 Å². The Hall–Kier alpha value is -2.52. The van der Waals surface area contributed by atoms with Gasteiger partial charge in [-0.25, -0.2) is 4.21 Å². The summed E-state index contributed by atoms with van der Waals surface area (Å²) in [7, 11) is 0.132. The molecule has 0 saturated carbocycles. The summed E-state index contributed by atoms with van der Waals surface area (Å²) in [5, 5.41) is 2.89. The van der Waals surface area contributed by atoms with Crippen molar-refractivity contribution in [3.8, 4) is 0 Å². The topological polar surface area (TPSA) is 66.5 Å². The maximum absolute atomic E-state index is 13.1. The van der Waals surface area contributed by atoms with E-state index in [-0.39, 0.29) is 11.8 Å². The fourth-order valence-electron chi connectivity index (χ4n) is 3.18. The Balaban J connectivity index is 1.63. The molecule has 7 heteroatoms. The fourth-order valence-corrected chi connectivity index (χ4v) is 4.91. The molecule has 29 heavy (non-hydrogen) atoms. The van der Waals surface area contributed by atoms with Crippen LogP contribution in [0.1, 0.15) is 26.3 Å². The van der Waals surface area contributed by atoms with Crippen molar-refractivity contribution in [2.75, 3.05) is 11.9 Å². The van der Waals surface area contributed by atoms with Gasteiger partial charge in [-0.05, 0) is 70.6 Å². The van der Waals surface area contributed by atoms with Crippen LogP contribution in [0.25, 0.3) is 0 Å². The molecule has 1 atom stereocenters. The Morgan fingerprint density at radius 2 is 1.76 bits per heavy atom. The minimum atomic E-state index is -1.50. The molecule has 0 bridgehead atoms. The van der Waals surface area contributed by atoms with Gasteiger partial charge in [0.05, 0.1) is 31.8 Å². The van der Waals surface area contributed by atoms with Gasteiger partial charge in [0.2, 0.25) is 0 Å². The largest absolute Gasteiger partial charge is 0.348 e. The van der Waals surface area contributed by atoms with Crippen molar-refractivity contribution in [2.45, 2.75) is 16.3 Å². The SMILES string of the molecule is CN1C(=O)c2ccccc2S(=O)c2ccc(C(=O)NCc3ccc(I)cc3)cc21. The van der Waals surface area contributed by atoms with Crippen molar-refractivity contribution in [3.05, 3.63) is 87.0 Å². The minimum Gasteiger partial charge on any atom is -0.348 e. The number of nitrogens with zero attached hydrogens (tertiary/aromatic N) is 1. The summed E-state index contributed by atoms with van der Waals surface area (Å²) in [6.45, 7) is 0.402. The van der Waals surface area contributed by atoms with Gasteiger partial charge in [0.15, 0.2) is 0 Å². The molecule has 0 fully saturated rings. The fraction of sp³-hybridized carbons (Fsp3) is 0.0909. The van der Waals surface area contributed by atoms with Crippen LogP contribution in [-0.4, -0.2) is 23.1 Å². The molecule has 0 aromatic heterocycles. The first-order chi connectivity index (χ1) is 14.0. The number of hydrogen-bond acceptors (Lipinski definition) is 3. The zero-order valence-corrected chi connectivity index (χ0v) is 18.5. The highest BCUT2D eigenvalue weighted by molar-refractivity contribution is 14.1. The first-order valence-corrected chi connectivity index (χ1v) is 11.1. The molecule has 1 unspecified atom stereocenters. The summed E-state index contributed by atoms with van der Waals surface area (Å²) >= 11 is 2.23. The van der Waals surface area contributed by atoms with E-state index in [1.807, 2.05) is 24.3 Å². The molecule has 4 rings (SSSR count). The molecule has 3 aromatic carbocycles. The summed E-state index contributed by atoms with van der Waals surface area (Å²) in [5.74, 6) is -0.496. The molecule has 0 saturated heterocycles. The Kier molecular flexibility index (Phi) is 5.51. The first-order valence-electron chi connectivity index (χ1n) is 8.91. The van der Waals surface area contributed by atoms with Gasteiger partial charge in [0.1, 0.15) is 0 Å². The standard InChI is InChI=1S/C22H17IN2O3S/c1-25-18-12-15(21(26)24-13-14-6-9-16(23)10-7-14)8-11-20(18)29(28)19-5-3-2-4-17(19)22(25)27/h2-12H,13H2,1H3,(H,24,26). The van der Waals surface area contributed by atoms with Gasteiger partial charge < -0.3 is 10.2 Å². The smallest absolute Gasteiger partial charge is 0.259 e. The molecule has 1 aliphatic heterocycles. The lowest BCUT2D eigenvalue weighted by atomic mass is 10.1. The average molecular weight is 516 g/mol. The molecule has 1 N–H and O–H groups in total. The van der Waals surface area contributed by atoms with Crippen molar-refractivity contribution in [1.82, 2.24) is 5.32 Å².